The summed E-state index contributed by atoms with van der Waals surface area (Å²) in [5.74, 6) is -2.43. The average molecular weight is 596 g/mol. The molecule has 0 aliphatic rings. The normalized spacial score (nSPS) is 12.1. The lowest BCUT2D eigenvalue weighted by atomic mass is 9.97. The topological polar surface area (TPSA) is 115 Å². The highest BCUT2D eigenvalue weighted by Gasteiger charge is 2.34. The number of hydrogen-bond donors (Lipinski definition) is 2. The number of nitrogens with zero attached hydrogens (tertiary/aromatic N) is 1. The van der Waals surface area contributed by atoms with Crippen molar-refractivity contribution in [2.75, 3.05) is 26.2 Å². The number of aliphatic carboxylic acids is 1. The van der Waals surface area contributed by atoms with Gasteiger partial charge in [0, 0.05) is 39.9 Å². The van der Waals surface area contributed by atoms with Gasteiger partial charge >= 0.3 is 12.3 Å². The number of carboxylic acid groups (broad SMARTS) is 1. The van der Waals surface area contributed by atoms with Crippen molar-refractivity contribution in [2.24, 2.45) is 0 Å². The van der Waals surface area contributed by atoms with Crippen LogP contribution in [0, 0.1) is 0 Å². The van der Waals surface area contributed by atoms with E-state index in [9.17, 15) is 27.9 Å². The highest BCUT2D eigenvalue weighted by molar-refractivity contribution is 6.30. The first-order valence-corrected chi connectivity index (χ1v) is 12.1. The smallest absolute Gasteiger partial charge is 0.497 e. The maximum atomic E-state index is 13.3. The average Bonchev–Trinajstić information content (AvgIpc) is 2.93. The summed E-state index contributed by atoms with van der Waals surface area (Å²) in [5, 5.41) is 20.7. The van der Waals surface area contributed by atoms with E-state index < -0.39 is 35.8 Å². The summed E-state index contributed by atoms with van der Waals surface area (Å²) in [6.07, 6.45) is -5.24. The van der Waals surface area contributed by atoms with Crippen LogP contribution in [0.1, 0.15) is 22.8 Å². The Kier molecular flexibility index (Phi) is 10.1. The molecular formula is C28H25ClF3NO8. The lowest BCUT2D eigenvalue weighted by molar-refractivity contribution is -0.275. The van der Waals surface area contributed by atoms with Crippen molar-refractivity contribution in [1.82, 2.24) is 0 Å². The quantitative estimate of drug-likeness (QED) is 0.279. The molecule has 13 heteroatoms. The number of amides is 1. The molecule has 41 heavy (non-hydrogen) atoms. The van der Waals surface area contributed by atoms with Crippen LogP contribution in [0.3, 0.4) is 0 Å². The number of carboxylic acids is 1. The summed E-state index contributed by atoms with van der Waals surface area (Å²) >= 11 is 6.22. The van der Waals surface area contributed by atoms with Crippen LogP contribution in [0.4, 0.5) is 18.9 Å². The molecule has 0 spiro atoms. The minimum atomic E-state index is -5.03. The molecule has 3 aromatic rings. The number of rotatable bonds is 11. The molecule has 0 radical (unpaired) electrons. The molecule has 1 unspecified atom stereocenters. The lowest BCUT2D eigenvalue weighted by Gasteiger charge is -2.28. The number of aliphatic hydroxyl groups excluding tert-OH is 1. The number of hydrogen-bond acceptors (Lipinski definition) is 7. The van der Waals surface area contributed by atoms with E-state index in [1.807, 2.05) is 0 Å². The second-order valence-corrected chi connectivity index (χ2v) is 8.74. The van der Waals surface area contributed by atoms with E-state index >= 15 is 0 Å². The molecule has 3 rings (SSSR count). The van der Waals surface area contributed by atoms with E-state index in [0.29, 0.717) is 23.1 Å². The van der Waals surface area contributed by atoms with Crippen LogP contribution in [0.15, 0.2) is 66.7 Å². The Morgan fingerprint density at radius 2 is 1.68 bits per heavy atom. The van der Waals surface area contributed by atoms with Gasteiger partial charge in [0.25, 0.3) is 5.91 Å². The van der Waals surface area contributed by atoms with Gasteiger partial charge in [-0.1, -0.05) is 23.7 Å². The van der Waals surface area contributed by atoms with E-state index in [-0.39, 0.29) is 28.4 Å². The number of aliphatic hydroxyl groups is 1. The molecular weight excluding hydrogens is 571 g/mol. The van der Waals surface area contributed by atoms with Gasteiger partial charge in [-0.2, -0.15) is 0 Å². The van der Waals surface area contributed by atoms with Gasteiger partial charge in [0.2, 0.25) is 0 Å². The molecule has 9 nitrogen and oxygen atoms in total. The predicted octanol–water partition coefficient (Wildman–Crippen LogP) is 5.52. The van der Waals surface area contributed by atoms with Gasteiger partial charge in [-0.05, 0) is 36.4 Å². The van der Waals surface area contributed by atoms with Crippen LogP contribution in [0.25, 0.3) is 0 Å². The number of carbonyl (C=O) groups excluding carboxylic acids is 1. The fraction of sp³-hybridized carbons (Fsp3) is 0.214. The van der Waals surface area contributed by atoms with Gasteiger partial charge < -0.3 is 34.1 Å². The minimum Gasteiger partial charge on any atom is -0.497 e. The second kappa shape index (κ2) is 13.3. The molecule has 0 bridgehead atoms. The van der Waals surface area contributed by atoms with Crippen LogP contribution < -0.4 is 23.8 Å². The third-order valence-corrected chi connectivity index (χ3v) is 6.00. The Morgan fingerprint density at radius 3 is 2.29 bits per heavy atom. The minimum absolute atomic E-state index is 0.00418. The monoisotopic (exact) mass is 595 g/mol. The Bertz CT molecular complexity index is 1440. The molecule has 2 N–H and O–H groups in total. The Hall–Kier alpha value is -4.42. The Morgan fingerprint density at radius 1 is 0.951 bits per heavy atom. The second-order valence-electron chi connectivity index (χ2n) is 8.31. The maximum absolute atomic E-state index is 13.3. The van der Waals surface area contributed by atoms with E-state index in [1.54, 1.807) is 18.2 Å². The van der Waals surface area contributed by atoms with Crippen LogP contribution in [-0.2, 0) is 16.1 Å². The number of para-hydroxylation sites is 1. The zero-order chi connectivity index (χ0) is 30.3. The van der Waals surface area contributed by atoms with Crippen molar-refractivity contribution >= 4 is 29.2 Å². The van der Waals surface area contributed by atoms with E-state index in [4.69, 9.17) is 30.9 Å². The number of ether oxygens (including phenoxy) is 4. The first kappa shape index (κ1) is 31.1. The predicted molar refractivity (Wildman–Crippen MR) is 143 cm³/mol. The van der Waals surface area contributed by atoms with Gasteiger partial charge in [0.15, 0.2) is 11.5 Å². The highest BCUT2D eigenvalue weighted by Crippen LogP contribution is 2.42. The number of halogens is 4. The summed E-state index contributed by atoms with van der Waals surface area (Å²) in [4.78, 5) is 25.6. The molecule has 0 saturated heterocycles. The fourth-order valence-electron chi connectivity index (χ4n) is 4.00. The highest BCUT2D eigenvalue weighted by atomic mass is 35.5. The van der Waals surface area contributed by atoms with Gasteiger partial charge in [-0.25, -0.2) is 4.79 Å². The van der Waals surface area contributed by atoms with Crippen LogP contribution in [0.5, 0.6) is 23.0 Å². The molecule has 0 fully saturated rings. The summed E-state index contributed by atoms with van der Waals surface area (Å²) in [6, 6.07) is 12.6. The van der Waals surface area contributed by atoms with E-state index in [1.165, 1.54) is 44.6 Å². The molecule has 3 aromatic carbocycles. The van der Waals surface area contributed by atoms with Gasteiger partial charge in [0.1, 0.15) is 17.6 Å². The van der Waals surface area contributed by atoms with Gasteiger partial charge in [-0.15, -0.1) is 13.2 Å². The molecule has 1 atom stereocenters. The number of methoxy groups -OCH3 is 3. The van der Waals surface area contributed by atoms with Gasteiger partial charge in [-0.3, -0.25) is 4.79 Å². The van der Waals surface area contributed by atoms with Crippen molar-refractivity contribution in [3.63, 3.8) is 0 Å². The van der Waals surface area contributed by atoms with Crippen LogP contribution >= 0.6 is 11.6 Å². The molecule has 0 aliphatic carbocycles. The number of carbonyl (C=O) groups is 2. The summed E-state index contributed by atoms with van der Waals surface area (Å²) < 4.78 is 58.9. The van der Waals surface area contributed by atoms with Crippen LogP contribution in [0.2, 0.25) is 5.02 Å². The van der Waals surface area contributed by atoms with Crippen molar-refractivity contribution in [1.29, 1.82) is 0 Å². The maximum Gasteiger partial charge on any atom is 0.573 e. The molecule has 0 aliphatic heterocycles. The van der Waals surface area contributed by atoms with Crippen molar-refractivity contribution in [3.8, 4) is 23.0 Å². The molecule has 0 saturated carbocycles. The van der Waals surface area contributed by atoms with Crippen molar-refractivity contribution in [3.05, 3.63) is 88.5 Å². The zero-order valence-corrected chi connectivity index (χ0v) is 22.7. The standard InChI is InChI=1S/C28H25ClF3NO8/c1-38-18-9-7-16(23(14-18)39-2)15-33(24(34)11-12-25(35)36)21-10-8-17(29)13-20(21)26(37)19-5-4-6-22(27(19)40-3)41-28(30,31)32/h4-14,26,37H,15H2,1-3H3,(H,35,36). The van der Waals surface area contributed by atoms with E-state index in [0.717, 1.165) is 24.2 Å². The first-order valence-electron chi connectivity index (χ1n) is 11.7. The Balaban J connectivity index is 2.19. The van der Waals surface area contributed by atoms with Gasteiger partial charge in [0.05, 0.1) is 33.6 Å². The summed E-state index contributed by atoms with van der Waals surface area (Å²) in [5.41, 5.74) is 0.445. The largest absolute Gasteiger partial charge is 0.573 e. The number of anilines is 1. The number of alkyl halides is 3. The van der Waals surface area contributed by atoms with Crippen LogP contribution in [-0.4, -0.2) is 49.8 Å². The molecule has 0 aromatic heterocycles. The molecule has 0 heterocycles. The Labute approximate surface area is 237 Å². The third-order valence-electron chi connectivity index (χ3n) is 5.77. The van der Waals surface area contributed by atoms with Crippen molar-refractivity contribution in [2.45, 2.75) is 19.0 Å². The summed E-state index contributed by atoms with van der Waals surface area (Å²) in [7, 11) is 3.98. The summed E-state index contributed by atoms with van der Waals surface area (Å²) in [6.45, 7) is -0.175. The SMILES string of the molecule is COc1ccc(CN(C(=O)C=CC(=O)O)c2ccc(Cl)cc2C(O)c2cccc(OC(F)(F)F)c2OC)c(OC)c1. The third kappa shape index (κ3) is 7.83. The van der Waals surface area contributed by atoms with Crippen molar-refractivity contribution < 1.29 is 51.9 Å². The zero-order valence-electron chi connectivity index (χ0n) is 21.9. The molecule has 1 amide bonds. The fourth-order valence-corrected chi connectivity index (χ4v) is 4.18. The molecule has 218 valence electrons. The first-order chi connectivity index (χ1) is 19.4. The lowest BCUT2D eigenvalue weighted by Crippen LogP contribution is -2.30. The number of benzene rings is 3. The van der Waals surface area contributed by atoms with E-state index in [2.05, 4.69) is 4.74 Å².